The summed E-state index contributed by atoms with van der Waals surface area (Å²) in [4.78, 5) is 0. The van der Waals surface area contributed by atoms with Gasteiger partial charge in [-0.25, -0.2) is 0 Å². The van der Waals surface area contributed by atoms with E-state index in [4.69, 9.17) is 17.0 Å². The van der Waals surface area contributed by atoms with Crippen molar-refractivity contribution in [2.45, 2.75) is 32.2 Å². The summed E-state index contributed by atoms with van der Waals surface area (Å²) in [6.45, 7) is 6.78. The Kier molecular flexibility index (Phi) is 3.93. The van der Waals surface area contributed by atoms with Crippen molar-refractivity contribution in [2.75, 3.05) is 19.8 Å². The molecule has 0 radical (unpaired) electrons. The van der Waals surface area contributed by atoms with Gasteiger partial charge in [0.1, 0.15) is 0 Å². The van der Waals surface area contributed by atoms with Gasteiger partial charge in [-0.2, -0.15) is 0 Å². The lowest BCUT2D eigenvalue weighted by Gasteiger charge is -2.25. The Morgan fingerprint density at radius 1 is 1.62 bits per heavy atom. The Morgan fingerprint density at radius 3 is 2.92 bits per heavy atom. The minimum absolute atomic E-state index is 0.0395. The van der Waals surface area contributed by atoms with E-state index in [2.05, 4.69) is 24.5 Å². The number of hydrogen-bond donors (Lipinski definition) is 2. The van der Waals surface area contributed by atoms with Crippen LogP contribution in [0.25, 0.3) is 0 Å². The van der Waals surface area contributed by atoms with Crippen molar-refractivity contribution >= 4 is 17.3 Å². The molecule has 76 valence electrons. The summed E-state index contributed by atoms with van der Waals surface area (Å²) in [6, 6.07) is 0. The van der Waals surface area contributed by atoms with Crippen molar-refractivity contribution in [1.29, 1.82) is 0 Å². The molecule has 1 rings (SSSR count). The number of thiocarbonyl (C=S) groups is 1. The number of ether oxygens (including phenoxy) is 1. The summed E-state index contributed by atoms with van der Waals surface area (Å²) in [5.74, 6) is 0. The van der Waals surface area contributed by atoms with Gasteiger partial charge >= 0.3 is 0 Å². The molecule has 0 aromatic heterocycles. The van der Waals surface area contributed by atoms with E-state index in [-0.39, 0.29) is 5.54 Å². The zero-order valence-corrected chi connectivity index (χ0v) is 9.17. The third kappa shape index (κ3) is 3.48. The van der Waals surface area contributed by atoms with Gasteiger partial charge in [-0.05, 0) is 32.0 Å². The molecular weight excluding hydrogens is 184 g/mol. The molecule has 0 aromatic rings. The molecule has 0 spiro atoms. The summed E-state index contributed by atoms with van der Waals surface area (Å²) in [5, 5.41) is 7.18. The first-order chi connectivity index (χ1) is 6.16. The second kappa shape index (κ2) is 4.77. The Balaban J connectivity index is 2.26. The predicted molar refractivity (Wildman–Crippen MR) is 57.9 cm³/mol. The van der Waals surface area contributed by atoms with Crippen LogP contribution >= 0.6 is 12.2 Å². The van der Waals surface area contributed by atoms with Gasteiger partial charge in [0.25, 0.3) is 0 Å². The molecule has 1 aliphatic rings. The highest BCUT2D eigenvalue weighted by atomic mass is 32.1. The molecule has 4 heteroatoms. The topological polar surface area (TPSA) is 33.3 Å². The molecule has 1 aliphatic heterocycles. The molecule has 3 nitrogen and oxygen atoms in total. The third-order valence-corrected chi connectivity index (χ3v) is 2.42. The van der Waals surface area contributed by atoms with Crippen molar-refractivity contribution in [1.82, 2.24) is 10.6 Å². The zero-order chi connectivity index (χ0) is 9.73. The van der Waals surface area contributed by atoms with Gasteiger partial charge in [0.15, 0.2) is 5.11 Å². The SMILES string of the molecule is CCCNC(=S)NC1(C)CCOC1. The van der Waals surface area contributed by atoms with Crippen molar-refractivity contribution in [3.8, 4) is 0 Å². The average Bonchev–Trinajstić information content (AvgIpc) is 2.48. The predicted octanol–water partition coefficient (Wildman–Crippen LogP) is 1.04. The standard InChI is InChI=1S/C9H18N2OS/c1-3-5-10-8(13)11-9(2)4-6-12-7-9/h3-7H2,1-2H3,(H2,10,11,13). The Bertz CT molecular complexity index is 178. The van der Waals surface area contributed by atoms with Gasteiger partial charge in [0.2, 0.25) is 0 Å². The van der Waals surface area contributed by atoms with Crippen LogP contribution in [0.4, 0.5) is 0 Å². The van der Waals surface area contributed by atoms with Crippen LogP contribution in [0.5, 0.6) is 0 Å². The van der Waals surface area contributed by atoms with Gasteiger partial charge in [-0.3, -0.25) is 0 Å². The fraction of sp³-hybridized carbons (Fsp3) is 0.889. The molecule has 0 amide bonds. The fourth-order valence-corrected chi connectivity index (χ4v) is 1.67. The van der Waals surface area contributed by atoms with Crippen LogP contribution in [0.15, 0.2) is 0 Å². The Morgan fingerprint density at radius 2 is 2.38 bits per heavy atom. The number of nitrogens with one attached hydrogen (secondary N) is 2. The van der Waals surface area contributed by atoms with Gasteiger partial charge in [0, 0.05) is 13.2 Å². The van der Waals surface area contributed by atoms with E-state index in [0.717, 1.165) is 37.7 Å². The first-order valence-electron chi connectivity index (χ1n) is 4.80. The molecule has 0 bridgehead atoms. The summed E-state index contributed by atoms with van der Waals surface area (Å²) in [7, 11) is 0. The smallest absolute Gasteiger partial charge is 0.166 e. The van der Waals surface area contributed by atoms with E-state index < -0.39 is 0 Å². The number of hydrogen-bond acceptors (Lipinski definition) is 2. The van der Waals surface area contributed by atoms with E-state index in [1.165, 1.54) is 0 Å². The average molecular weight is 202 g/mol. The monoisotopic (exact) mass is 202 g/mol. The van der Waals surface area contributed by atoms with E-state index in [0.29, 0.717) is 0 Å². The molecule has 1 atom stereocenters. The highest BCUT2D eigenvalue weighted by Gasteiger charge is 2.29. The van der Waals surface area contributed by atoms with Gasteiger partial charge in [-0.15, -0.1) is 0 Å². The minimum Gasteiger partial charge on any atom is -0.379 e. The molecular formula is C9H18N2OS. The normalized spacial score (nSPS) is 27.2. The second-order valence-electron chi connectivity index (χ2n) is 3.74. The first-order valence-corrected chi connectivity index (χ1v) is 5.21. The van der Waals surface area contributed by atoms with Crippen molar-refractivity contribution < 1.29 is 4.74 Å². The van der Waals surface area contributed by atoms with Crippen molar-refractivity contribution in [2.24, 2.45) is 0 Å². The van der Waals surface area contributed by atoms with Gasteiger partial charge < -0.3 is 15.4 Å². The van der Waals surface area contributed by atoms with Crippen LogP contribution in [0, 0.1) is 0 Å². The van der Waals surface area contributed by atoms with Crippen molar-refractivity contribution in [3.63, 3.8) is 0 Å². The zero-order valence-electron chi connectivity index (χ0n) is 8.35. The van der Waals surface area contributed by atoms with Gasteiger partial charge in [-0.1, -0.05) is 6.92 Å². The lowest BCUT2D eigenvalue weighted by atomic mass is 10.0. The molecule has 0 aliphatic carbocycles. The summed E-state index contributed by atoms with van der Waals surface area (Å²) in [5.41, 5.74) is 0.0395. The first kappa shape index (κ1) is 10.7. The van der Waals surface area contributed by atoms with Crippen LogP contribution in [-0.4, -0.2) is 30.4 Å². The largest absolute Gasteiger partial charge is 0.379 e. The van der Waals surface area contributed by atoms with Crippen LogP contribution < -0.4 is 10.6 Å². The Hall–Kier alpha value is -0.350. The molecule has 2 N–H and O–H groups in total. The van der Waals surface area contributed by atoms with E-state index in [1.54, 1.807) is 0 Å². The maximum atomic E-state index is 5.32. The summed E-state index contributed by atoms with van der Waals surface area (Å²) in [6.07, 6.45) is 2.12. The number of rotatable bonds is 3. The quantitative estimate of drug-likeness (QED) is 0.670. The molecule has 1 saturated heterocycles. The van der Waals surface area contributed by atoms with E-state index in [1.807, 2.05) is 0 Å². The molecule has 0 saturated carbocycles. The lowest BCUT2D eigenvalue weighted by Crippen LogP contribution is -2.50. The molecule has 0 aromatic carbocycles. The van der Waals surface area contributed by atoms with Crippen LogP contribution in [-0.2, 0) is 4.74 Å². The van der Waals surface area contributed by atoms with E-state index in [9.17, 15) is 0 Å². The van der Waals surface area contributed by atoms with Crippen LogP contribution in [0.3, 0.4) is 0 Å². The van der Waals surface area contributed by atoms with Crippen LogP contribution in [0.2, 0.25) is 0 Å². The second-order valence-corrected chi connectivity index (χ2v) is 4.15. The maximum Gasteiger partial charge on any atom is 0.166 e. The molecule has 1 fully saturated rings. The molecule has 13 heavy (non-hydrogen) atoms. The third-order valence-electron chi connectivity index (χ3n) is 2.17. The fourth-order valence-electron chi connectivity index (χ4n) is 1.32. The van der Waals surface area contributed by atoms with Crippen LogP contribution in [0.1, 0.15) is 26.7 Å². The lowest BCUT2D eigenvalue weighted by molar-refractivity contribution is 0.177. The Labute approximate surface area is 85.2 Å². The highest BCUT2D eigenvalue weighted by molar-refractivity contribution is 7.80. The highest BCUT2D eigenvalue weighted by Crippen LogP contribution is 2.16. The molecule has 1 unspecified atom stereocenters. The summed E-state index contributed by atoms with van der Waals surface area (Å²) < 4.78 is 5.32. The van der Waals surface area contributed by atoms with E-state index >= 15 is 0 Å². The minimum atomic E-state index is 0.0395. The van der Waals surface area contributed by atoms with Crippen molar-refractivity contribution in [3.05, 3.63) is 0 Å². The summed E-state index contributed by atoms with van der Waals surface area (Å²) >= 11 is 5.15. The maximum absolute atomic E-state index is 5.32. The molecule has 1 heterocycles. The van der Waals surface area contributed by atoms with Gasteiger partial charge in [0.05, 0.1) is 12.1 Å².